The van der Waals surface area contributed by atoms with Crippen LogP contribution in [-0.4, -0.2) is 13.1 Å². The largest absolute Gasteiger partial charge is 0.313 e. The van der Waals surface area contributed by atoms with Crippen LogP contribution in [0.3, 0.4) is 0 Å². The van der Waals surface area contributed by atoms with Gasteiger partial charge in [0.05, 0.1) is 0 Å². The molecule has 68 valence electrons. The third-order valence-electron chi connectivity index (χ3n) is 1.36. The molecule has 0 heterocycles. The zero-order valence-electron chi connectivity index (χ0n) is 7.81. The molecule has 0 saturated carbocycles. The van der Waals surface area contributed by atoms with Gasteiger partial charge >= 0.3 is 0 Å². The van der Waals surface area contributed by atoms with Gasteiger partial charge in [-0.3, -0.25) is 0 Å². The SMILES string of the molecule is CCCCNCC=C(C)C.Cl. The van der Waals surface area contributed by atoms with E-state index < -0.39 is 0 Å². The van der Waals surface area contributed by atoms with Gasteiger partial charge in [0.2, 0.25) is 0 Å². The molecule has 0 aliphatic heterocycles. The Morgan fingerprint density at radius 3 is 2.45 bits per heavy atom. The van der Waals surface area contributed by atoms with Gasteiger partial charge in [-0.05, 0) is 26.8 Å². The Balaban J connectivity index is 0. The summed E-state index contributed by atoms with van der Waals surface area (Å²) in [6.45, 7) is 8.65. The molecule has 0 atom stereocenters. The van der Waals surface area contributed by atoms with Gasteiger partial charge in [0.15, 0.2) is 0 Å². The van der Waals surface area contributed by atoms with Crippen molar-refractivity contribution in [1.29, 1.82) is 0 Å². The minimum atomic E-state index is 0. The van der Waals surface area contributed by atoms with Crippen molar-refractivity contribution in [2.75, 3.05) is 13.1 Å². The van der Waals surface area contributed by atoms with Crippen molar-refractivity contribution in [1.82, 2.24) is 5.32 Å². The molecule has 0 spiro atoms. The lowest BCUT2D eigenvalue weighted by molar-refractivity contribution is 0.680. The molecule has 0 fully saturated rings. The van der Waals surface area contributed by atoms with Crippen LogP contribution in [0.4, 0.5) is 0 Å². The Bertz CT molecular complexity index is 95.7. The van der Waals surface area contributed by atoms with Crippen molar-refractivity contribution in [2.24, 2.45) is 0 Å². The Morgan fingerprint density at radius 2 is 2.00 bits per heavy atom. The highest BCUT2D eigenvalue weighted by molar-refractivity contribution is 5.85. The van der Waals surface area contributed by atoms with Gasteiger partial charge in [0.25, 0.3) is 0 Å². The number of rotatable bonds is 5. The third-order valence-corrected chi connectivity index (χ3v) is 1.36. The maximum Gasteiger partial charge on any atom is 0.0137 e. The molecule has 0 aromatic heterocycles. The zero-order valence-corrected chi connectivity index (χ0v) is 8.63. The van der Waals surface area contributed by atoms with E-state index >= 15 is 0 Å². The summed E-state index contributed by atoms with van der Waals surface area (Å²) in [4.78, 5) is 0. The average molecular weight is 178 g/mol. The second-order valence-electron chi connectivity index (χ2n) is 2.84. The smallest absolute Gasteiger partial charge is 0.0137 e. The molecule has 1 N–H and O–H groups in total. The molecule has 0 aliphatic rings. The van der Waals surface area contributed by atoms with Crippen molar-refractivity contribution in [3.63, 3.8) is 0 Å². The molecular weight excluding hydrogens is 158 g/mol. The highest BCUT2D eigenvalue weighted by Gasteiger charge is 1.81. The summed E-state index contributed by atoms with van der Waals surface area (Å²) in [6.07, 6.45) is 4.79. The standard InChI is InChI=1S/C9H19N.ClH/c1-4-5-7-10-8-6-9(2)3;/h6,10H,4-5,7-8H2,1-3H3;1H. The van der Waals surface area contributed by atoms with E-state index in [0.29, 0.717) is 0 Å². The van der Waals surface area contributed by atoms with E-state index in [1.165, 1.54) is 18.4 Å². The molecule has 0 bridgehead atoms. The van der Waals surface area contributed by atoms with Crippen molar-refractivity contribution in [3.8, 4) is 0 Å². The first kappa shape index (κ1) is 13.6. The van der Waals surface area contributed by atoms with Crippen molar-refractivity contribution >= 4 is 12.4 Å². The molecule has 0 aliphatic carbocycles. The van der Waals surface area contributed by atoms with E-state index in [9.17, 15) is 0 Å². The summed E-state index contributed by atoms with van der Waals surface area (Å²) in [6, 6.07) is 0. The van der Waals surface area contributed by atoms with Crippen molar-refractivity contribution in [2.45, 2.75) is 33.6 Å². The number of hydrogen-bond acceptors (Lipinski definition) is 1. The van der Waals surface area contributed by atoms with Crippen LogP contribution in [0.25, 0.3) is 0 Å². The molecule has 0 radical (unpaired) electrons. The predicted molar refractivity (Wildman–Crippen MR) is 54.5 cm³/mol. The maximum atomic E-state index is 3.34. The number of unbranched alkanes of at least 4 members (excludes halogenated alkanes) is 1. The number of nitrogens with one attached hydrogen (secondary N) is 1. The summed E-state index contributed by atoms with van der Waals surface area (Å²) in [5.41, 5.74) is 1.39. The highest BCUT2D eigenvalue weighted by Crippen LogP contribution is 1.86. The van der Waals surface area contributed by atoms with E-state index in [-0.39, 0.29) is 12.4 Å². The second kappa shape index (κ2) is 9.99. The summed E-state index contributed by atoms with van der Waals surface area (Å²) in [7, 11) is 0. The van der Waals surface area contributed by atoms with Crippen molar-refractivity contribution in [3.05, 3.63) is 11.6 Å². The first-order valence-electron chi connectivity index (χ1n) is 4.11. The molecule has 11 heavy (non-hydrogen) atoms. The lowest BCUT2D eigenvalue weighted by Gasteiger charge is -1.98. The van der Waals surface area contributed by atoms with E-state index in [2.05, 4.69) is 32.2 Å². The van der Waals surface area contributed by atoms with E-state index in [1.54, 1.807) is 0 Å². The fourth-order valence-corrected chi connectivity index (χ4v) is 0.680. The summed E-state index contributed by atoms with van der Waals surface area (Å²) in [5, 5.41) is 3.34. The van der Waals surface area contributed by atoms with Crippen LogP contribution in [0.2, 0.25) is 0 Å². The molecule has 0 aromatic rings. The summed E-state index contributed by atoms with van der Waals surface area (Å²) < 4.78 is 0. The minimum absolute atomic E-state index is 0. The van der Waals surface area contributed by atoms with Gasteiger partial charge in [-0.2, -0.15) is 0 Å². The van der Waals surface area contributed by atoms with E-state index in [4.69, 9.17) is 0 Å². The zero-order chi connectivity index (χ0) is 7.82. The molecule has 0 saturated heterocycles. The fourth-order valence-electron chi connectivity index (χ4n) is 0.680. The maximum absolute atomic E-state index is 3.34. The highest BCUT2D eigenvalue weighted by atomic mass is 35.5. The van der Waals surface area contributed by atoms with Crippen molar-refractivity contribution < 1.29 is 0 Å². The van der Waals surface area contributed by atoms with Gasteiger partial charge in [-0.1, -0.05) is 25.0 Å². The van der Waals surface area contributed by atoms with Crippen LogP contribution in [-0.2, 0) is 0 Å². The number of hydrogen-bond donors (Lipinski definition) is 1. The average Bonchev–Trinajstić information content (AvgIpc) is 1.87. The topological polar surface area (TPSA) is 12.0 Å². The third kappa shape index (κ3) is 13.1. The van der Waals surface area contributed by atoms with Gasteiger partial charge < -0.3 is 5.32 Å². The number of halogens is 1. The van der Waals surface area contributed by atoms with Gasteiger partial charge in [-0.25, -0.2) is 0 Å². The molecule has 0 rings (SSSR count). The second-order valence-corrected chi connectivity index (χ2v) is 2.84. The normalized spacial score (nSPS) is 8.64. The summed E-state index contributed by atoms with van der Waals surface area (Å²) in [5.74, 6) is 0. The predicted octanol–water partition coefficient (Wildman–Crippen LogP) is 2.76. The van der Waals surface area contributed by atoms with Crippen LogP contribution in [0.1, 0.15) is 33.6 Å². The van der Waals surface area contributed by atoms with Crippen LogP contribution in [0, 0.1) is 0 Å². The number of allylic oxidation sites excluding steroid dienone is 1. The Hall–Kier alpha value is -0.0100. The summed E-state index contributed by atoms with van der Waals surface area (Å²) >= 11 is 0. The van der Waals surface area contributed by atoms with Gasteiger partial charge in [-0.15, -0.1) is 12.4 Å². The monoisotopic (exact) mass is 177 g/mol. The fraction of sp³-hybridized carbons (Fsp3) is 0.778. The minimum Gasteiger partial charge on any atom is -0.313 e. The van der Waals surface area contributed by atoms with Crippen LogP contribution < -0.4 is 5.32 Å². The van der Waals surface area contributed by atoms with Crippen LogP contribution in [0.5, 0.6) is 0 Å². The molecule has 0 unspecified atom stereocenters. The van der Waals surface area contributed by atoms with E-state index in [0.717, 1.165) is 13.1 Å². The molecule has 2 heteroatoms. The van der Waals surface area contributed by atoms with Crippen LogP contribution in [0.15, 0.2) is 11.6 Å². The molecular formula is C9H20ClN. The Morgan fingerprint density at radius 1 is 1.36 bits per heavy atom. The lowest BCUT2D eigenvalue weighted by Crippen LogP contribution is -2.14. The molecule has 0 amide bonds. The van der Waals surface area contributed by atoms with Gasteiger partial charge in [0, 0.05) is 6.54 Å². The quantitative estimate of drug-likeness (QED) is 0.503. The molecule has 1 nitrogen and oxygen atoms in total. The Kier molecular flexibility index (Phi) is 12.3. The molecule has 0 aromatic carbocycles. The first-order valence-corrected chi connectivity index (χ1v) is 4.11. The Labute approximate surface area is 76.7 Å². The van der Waals surface area contributed by atoms with Crippen LogP contribution >= 0.6 is 12.4 Å². The van der Waals surface area contributed by atoms with Gasteiger partial charge in [0.1, 0.15) is 0 Å². The first-order chi connectivity index (χ1) is 4.77. The lowest BCUT2D eigenvalue weighted by atomic mass is 10.3. The van der Waals surface area contributed by atoms with E-state index in [1.807, 2.05) is 0 Å².